The fraction of sp³-hybridized carbons (Fsp3) is 0.474. The molecule has 3 aliphatic rings. The van der Waals surface area contributed by atoms with Gasteiger partial charge in [-0.15, -0.1) is 0 Å². The molecule has 4 rings (SSSR count). The smallest absolute Gasteiger partial charge is 0.260 e. The van der Waals surface area contributed by atoms with Crippen LogP contribution in [0.1, 0.15) is 44.9 Å². The Morgan fingerprint density at radius 1 is 1.12 bits per heavy atom. The second kappa shape index (κ2) is 6.45. The number of benzene rings is 1. The summed E-state index contributed by atoms with van der Waals surface area (Å²) in [6.07, 6.45) is 7.94. The first-order valence-electron chi connectivity index (χ1n) is 8.79. The summed E-state index contributed by atoms with van der Waals surface area (Å²) in [6.45, 7) is 0. The van der Waals surface area contributed by atoms with E-state index in [1.54, 1.807) is 6.08 Å². The number of nitrogens with zero attached hydrogens (tertiary/aromatic N) is 1. The molecule has 0 saturated heterocycles. The van der Waals surface area contributed by atoms with Crippen LogP contribution < -0.4 is 9.64 Å². The van der Waals surface area contributed by atoms with Crippen LogP contribution in [0.2, 0.25) is 5.02 Å². The molecule has 2 bridgehead atoms. The van der Waals surface area contributed by atoms with Gasteiger partial charge in [-0.05, 0) is 51.0 Å². The first-order valence-corrected chi connectivity index (χ1v) is 9.17. The summed E-state index contributed by atoms with van der Waals surface area (Å²) in [7, 11) is 0. The van der Waals surface area contributed by atoms with Crippen LogP contribution in [0, 0.1) is 11.7 Å². The van der Waals surface area contributed by atoms with Gasteiger partial charge in [0.15, 0.2) is 0 Å². The van der Waals surface area contributed by atoms with E-state index >= 15 is 0 Å². The summed E-state index contributed by atoms with van der Waals surface area (Å²) in [5.74, 6) is -1.52. The van der Waals surface area contributed by atoms with Crippen LogP contribution in [0.3, 0.4) is 0 Å². The predicted molar refractivity (Wildman–Crippen MR) is 92.2 cm³/mol. The number of imide groups is 1. The van der Waals surface area contributed by atoms with Gasteiger partial charge in [0, 0.05) is 11.6 Å². The zero-order chi connectivity index (χ0) is 17.6. The maximum atomic E-state index is 14.5. The SMILES string of the molecule is O=C1C2=CC(CCC2)C(=O)N1c1cc(OC2CCCC2)c(Cl)cc1F. The first-order chi connectivity index (χ1) is 12.0. The minimum Gasteiger partial charge on any atom is -0.489 e. The van der Waals surface area contributed by atoms with Crippen molar-refractivity contribution in [1.82, 2.24) is 0 Å². The largest absolute Gasteiger partial charge is 0.489 e. The topological polar surface area (TPSA) is 46.6 Å². The number of halogens is 2. The van der Waals surface area contributed by atoms with Crippen LogP contribution in [0.25, 0.3) is 0 Å². The highest BCUT2D eigenvalue weighted by Gasteiger charge is 2.39. The predicted octanol–water partition coefficient (Wildman–Crippen LogP) is 4.40. The van der Waals surface area contributed by atoms with E-state index in [2.05, 4.69) is 0 Å². The Hall–Kier alpha value is -1.88. The molecular weight excluding hydrogens is 345 g/mol. The van der Waals surface area contributed by atoms with Gasteiger partial charge in [0.05, 0.1) is 22.7 Å². The highest BCUT2D eigenvalue weighted by Crippen LogP contribution is 2.39. The van der Waals surface area contributed by atoms with E-state index in [0.29, 0.717) is 24.2 Å². The van der Waals surface area contributed by atoms with E-state index in [1.807, 2.05) is 0 Å². The molecule has 0 spiro atoms. The van der Waals surface area contributed by atoms with Crippen LogP contribution in [0.5, 0.6) is 5.75 Å². The Morgan fingerprint density at radius 2 is 1.88 bits per heavy atom. The van der Waals surface area contributed by atoms with Crippen molar-refractivity contribution in [1.29, 1.82) is 0 Å². The summed E-state index contributed by atoms with van der Waals surface area (Å²) in [5.41, 5.74) is 0.522. The van der Waals surface area contributed by atoms with Gasteiger partial charge in [0.2, 0.25) is 5.91 Å². The van der Waals surface area contributed by atoms with Crippen molar-refractivity contribution in [2.75, 3.05) is 4.90 Å². The van der Waals surface area contributed by atoms with Crippen LogP contribution in [0.4, 0.5) is 10.1 Å². The number of carbonyl (C=O) groups excluding carboxylic acids is 2. The van der Waals surface area contributed by atoms with Gasteiger partial charge < -0.3 is 4.74 Å². The molecule has 2 amide bonds. The molecule has 1 aromatic carbocycles. The molecule has 1 unspecified atom stereocenters. The number of rotatable bonds is 3. The molecule has 0 N–H and O–H groups in total. The Balaban J connectivity index is 1.70. The van der Waals surface area contributed by atoms with Gasteiger partial charge in [0.1, 0.15) is 11.6 Å². The lowest BCUT2D eigenvalue weighted by Gasteiger charge is -2.33. The van der Waals surface area contributed by atoms with Crippen molar-refractivity contribution in [2.45, 2.75) is 51.0 Å². The quantitative estimate of drug-likeness (QED) is 0.748. The minimum atomic E-state index is -0.689. The number of carbonyl (C=O) groups is 2. The molecule has 1 fully saturated rings. The molecule has 1 heterocycles. The molecule has 1 saturated carbocycles. The number of ether oxygens (including phenoxy) is 1. The Kier molecular flexibility index (Phi) is 4.28. The van der Waals surface area contributed by atoms with Crippen molar-refractivity contribution < 1.29 is 18.7 Å². The average Bonchev–Trinajstić information content (AvgIpc) is 3.11. The molecular formula is C19H19ClFNO3. The van der Waals surface area contributed by atoms with E-state index in [-0.39, 0.29) is 28.6 Å². The summed E-state index contributed by atoms with van der Waals surface area (Å²) in [4.78, 5) is 26.3. The summed E-state index contributed by atoms with van der Waals surface area (Å²) >= 11 is 6.12. The normalized spacial score (nSPS) is 23.8. The standard InChI is InChI=1S/C19H19ClFNO3/c20-14-9-15(21)16(10-17(14)25-13-6-1-2-7-13)22-18(23)11-4-3-5-12(8-11)19(22)24/h8-11,13H,1-7H2. The molecule has 6 heteroatoms. The number of fused-ring (bicyclic) bond motifs is 1. The van der Waals surface area contributed by atoms with E-state index in [1.165, 1.54) is 6.07 Å². The van der Waals surface area contributed by atoms with E-state index in [4.69, 9.17) is 16.3 Å². The van der Waals surface area contributed by atoms with Crippen LogP contribution in [-0.4, -0.2) is 17.9 Å². The number of anilines is 1. The zero-order valence-electron chi connectivity index (χ0n) is 13.8. The summed E-state index contributed by atoms with van der Waals surface area (Å²) in [5, 5.41) is 0.157. The summed E-state index contributed by atoms with van der Waals surface area (Å²) in [6, 6.07) is 2.52. The third-order valence-corrected chi connectivity index (χ3v) is 5.51. The molecule has 132 valence electrons. The lowest BCUT2D eigenvalue weighted by atomic mass is 9.85. The van der Waals surface area contributed by atoms with Crippen LogP contribution in [-0.2, 0) is 9.59 Å². The van der Waals surface area contributed by atoms with Crippen molar-refractivity contribution in [3.8, 4) is 5.75 Å². The van der Waals surface area contributed by atoms with Crippen LogP contribution >= 0.6 is 11.6 Å². The molecule has 1 aliphatic heterocycles. The van der Waals surface area contributed by atoms with Gasteiger partial charge in [-0.2, -0.15) is 0 Å². The maximum Gasteiger partial charge on any atom is 0.260 e. The number of hydrogen-bond donors (Lipinski definition) is 0. The third kappa shape index (κ3) is 2.95. The molecule has 0 aromatic heterocycles. The van der Waals surface area contributed by atoms with Crippen molar-refractivity contribution >= 4 is 29.1 Å². The molecule has 1 atom stereocenters. The fourth-order valence-electron chi connectivity index (χ4n) is 3.90. The van der Waals surface area contributed by atoms with Crippen molar-refractivity contribution in [3.05, 3.63) is 34.6 Å². The fourth-order valence-corrected chi connectivity index (χ4v) is 4.09. The number of amides is 2. The first kappa shape index (κ1) is 16.6. The van der Waals surface area contributed by atoms with Crippen LogP contribution in [0.15, 0.2) is 23.8 Å². The van der Waals surface area contributed by atoms with E-state index < -0.39 is 11.7 Å². The lowest BCUT2D eigenvalue weighted by Crippen LogP contribution is -2.46. The average molecular weight is 364 g/mol. The van der Waals surface area contributed by atoms with Gasteiger partial charge in [-0.1, -0.05) is 17.7 Å². The van der Waals surface area contributed by atoms with E-state index in [0.717, 1.165) is 43.1 Å². The van der Waals surface area contributed by atoms with Crippen molar-refractivity contribution in [2.24, 2.45) is 5.92 Å². The maximum absolute atomic E-state index is 14.5. The Labute approximate surface area is 150 Å². The molecule has 0 radical (unpaired) electrons. The monoisotopic (exact) mass is 363 g/mol. The Morgan fingerprint density at radius 3 is 2.64 bits per heavy atom. The summed E-state index contributed by atoms with van der Waals surface area (Å²) < 4.78 is 20.4. The van der Waals surface area contributed by atoms with Gasteiger partial charge in [-0.25, -0.2) is 9.29 Å². The van der Waals surface area contributed by atoms with E-state index in [9.17, 15) is 14.0 Å². The third-order valence-electron chi connectivity index (χ3n) is 5.22. The zero-order valence-corrected chi connectivity index (χ0v) is 14.5. The highest BCUT2D eigenvalue weighted by atomic mass is 35.5. The minimum absolute atomic E-state index is 0.0469. The molecule has 2 aliphatic carbocycles. The molecule has 1 aromatic rings. The van der Waals surface area contributed by atoms with Gasteiger partial charge >= 0.3 is 0 Å². The Bertz CT molecular complexity index is 770. The van der Waals surface area contributed by atoms with Crippen molar-refractivity contribution in [3.63, 3.8) is 0 Å². The van der Waals surface area contributed by atoms with Gasteiger partial charge in [-0.3, -0.25) is 9.59 Å². The second-order valence-electron chi connectivity index (χ2n) is 6.93. The number of hydrogen-bond acceptors (Lipinski definition) is 3. The molecule has 25 heavy (non-hydrogen) atoms. The highest BCUT2D eigenvalue weighted by molar-refractivity contribution is 6.32. The molecule has 4 nitrogen and oxygen atoms in total. The second-order valence-corrected chi connectivity index (χ2v) is 7.33. The van der Waals surface area contributed by atoms with Gasteiger partial charge in [0.25, 0.3) is 5.91 Å². The lowest BCUT2D eigenvalue weighted by molar-refractivity contribution is -0.128.